The van der Waals surface area contributed by atoms with Crippen LogP contribution < -0.4 is 0 Å². The lowest BCUT2D eigenvalue weighted by Gasteiger charge is -2.41. The number of likely N-dealkylation sites (tertiary alicyclic amines) is 1. The predicted molar refractivity (Wildman–Crippen MR) is 79.6 cm³/mol. The SMILES string of the molecule is O=C(c1cccc(Cl)c1)N1CC[C@H]2OCc3cnnn3[C@H]2C1. The van der Waals surface area contributed by atoms with E-state index in [0.29, 0.717) is 30.3 Å². The van der Waals surface area contributed by atoms with Crippen molar-refractivity contribution in [3.63, 3.8) is 0 Å². The van der Waals surface area contributed by atoms with Crippen LogP contribution in [0, 0.1) is 0 Å². The second kappa shape index (κ2) is 5.37. The van der Waals surface area contributed by atoms with Crippen molar-refractivity contribution in [1.29, 1.82) is 0 Å². The summed E-state index contributed by atoms with van der Waals surface area (Å²) in [5, 5.41) is 8.67. The van der Waals surface area contributed by atoms with E-state index >= 15 is 0 Å². The van der Waals surface area contributed by atoms with Gasteiger partial charge in [-0.25, -0.2) is 4.68 Å². The molecule has 7 heteroatoms. The molecule has 1 fully saturated rings. The summed E-state index contributed by atoms with van der Waals surface area (Å²) in [5.41, 5.74) is 1.57. The van der Waals surface area contributed by atoms with Gasteiger partial charge < -0.3 is 9.64 Å². The van der Waals surface area contributed by atoms with Crippen molar-refractivity contribution < 1.29 is 9.53 Å². The van der Waals surface area contributed by atoms with Gasteiger partial charge in [-0.2, -0.15) is 0 Å². The fraction of sp³-hybridized carbons (Fsp3) is 0.400. The molecule has 1 aromatic heterocycles. The molecule has 1 aromatic carbocycles. The molecular weight excluding hydrogens is 304 g/mol. The molecule has 0 aliphatic carbocycles. The molecule has 1 amide bonds. The molecule has 0 unspecified atom stereocenters. The van der Waals surface area contributed by atoms with E-state index in [1.54, 1.807) is 30.5 Å². The number of carbonyl (C=O) groups excluding carboxylic acids is 1. The highest BCUT2D eigenvalue weighted by Crippen LogP contribution is 2.30. The zero-order valence-electron chi connectivity index (χ0n) is 11.9. The van der Waals surface area contributed by atoms with Crippen molar-refractivity contribution in [3.8, 4) is 0 Å². The van der Waals surface area contributed by atoms with Crippen LogP contribution in [0.4, 0.5) is 0 Å². The summed E-state index contributed by atoms with van der Waals surface area (Å²) in [7, 11) is 0. The highest BCUT2D eigenvalue weighted by Gasteiger charge is 2.38. The molecule has 2 atom stereocenters. The molecule has 0 N–H and O–H groups in total. The van der Waals surface area contributed by atoms with E-state index in [-0.39, 0.29) is 18.1 Å². The summed E-state index contributed by atoms with van der Waals surface area (Å²) in [6, 6.07) is 7.08. The second-order valence-corrected chi connectivity index (χ2v) is 6.07. The van der Waals surface area contributed by atoms with Gasteiger partial charge in [0.2, 0.25) is 0 Å². The zero-order chi connectivity index (χ0) is 15.1. The third kappa shape index (κ3) is 2.28. The number of hydrogen-bond acceptors (Lipinski definition) is 4. The quantitative estimate of drug-likeness (QED) is 0.806. The van der Waals surface area contributed by atoms with Gasteiger partial charge in [0.15, 0.2) is 0 Å². The maximum atomic E-state index is 12.7. The van der Waals surface area contributed by atoms with Crippen molar-refractivity contribution in [1.82, 2.24) is 19.9 Å². The number of fused-ring (bicyclic) bond motifs is 3. The maximum Gasteiger partial charge on any atom is 0.253 e. The van der Waals surface area contributed by atoms with Crippen molar-refractivity contribution in [2.24, 2.45) is 0 Å². The summed E-state index contributed by atoms with van der Waals surface area (Å²) in [6.07, 6.45) is 2.61. The number of hydrogen-bond donors (Lipinski definition) is 0. The minimum atomic E-state index is -0.00631. The van der Waals surface area contributed by atoms with Gasteiger partial charge in [0.25, 0.3) is 5.91 Å². The van der Waals surface area contributed by atoms with Gasteiger partial charge in [-0.15, -0.1) is 5.10 Å². The van der Waals surface area contributed by atoms with Gasteiger partial charge in [-0.05, 0) is 24.6 Å². The van der Waals surface area contributed by atoms with E-state index in [1.165, 1.54) is 0 Å². The summed E-state index contributed by atoms with van der Waals surface area (Å²) in [6.45, 7) is 1.79. The fourth-order valence-electron chi connectivity index (χ4n) is 3.17. The Balaban J connectivity index is 1.58. The number of aromatic nitrogens is 3. The Labute approximate surface area is 132 Å². The number of halogens is 1. The molecular formula is C15H15ClN4O2. The minimum Gasteiger partial charge on any atom is -0.370 e. The van der Waals surface area contributed by atoms with Gasteiger partial charge >= 0.3 is 0 Å². The Morgan fingerprint density at radius 2 is 2.32 bits per heavy atom. The molecule has 114 valence electrons. The van der Waals surface area contributed by atoms with Crippen LogP contribution in [0.3, 0.4) is 0 Å². The standard InChI is InChI=1S/C15H15ClN4O2/c16-11-3-1-2-10(6-11)15(21)19-5-4-14-13(8-19)20-12(9-22-14)7-17-18-20/h1-3,6-7,13-14H,4-5,8-9H2/t13-,14+/m0/s1. The average Bonchev–Trinajstić information content (AvgIpc) is 3.02. The van der Waals surface area contributed by atoms with Crippen LogP contribution in [0.1, 0.15) is 28.5 Å². The van der Waals surface area contributed by atoms with Gasteiger partial charge in [-0.3, -0.25) is 4.79 Å². The lowest BCUT2D eigenvalue weighted by atomic mass is 9.99. The van der Waals surface area contributed by atoms with Crippen LogP contribution in [0.2, 0.25) is 5.02 Å². The van der Waals surface area contributed by atoms with E-state index in [1.807, 2.05) is 9.58 Å². The van der Waals surface area contributed by atoms with Crippen LogP contribution >= 0.6 is 11.6 Å². The first-order valence-corrected chi connectivity index (χ1v) is 7.65. The van der Waals surface area contributed by atoms with E-state index in [2.05, 4.69) is 10.3 Å². The Morgan fingerprint density at radius 1 is 1.41 bits per heavy atom. The van der Waals surface area contributed by atoms with E-state index < -0.39 is 0 Å². The molecule has 22 heavy (non-hydrogen) atoms. The van der Waals surface area contributed by atoms with Crippen LogP contribution in [-0.2, 0) is 11.3 Å². The van der Waals surface area contributed by atoms with Gasteiger partial charge in [0, 0.05) is 23.7 Å². The summed E-state index contributed by atoms with van der Waals surface area (Å²) in [5.74, 6) is -0.00631. The third-order valence-corrected chi connectivity index (χ3v) is 4.52. The maximum absolute atomic E-state index is 12.7. The topological polar surface area (TPSA) is 60.3 Å². The Hall–Kier alpha value is -1.92. The smallest absolute Gasteiger partial charge is 0.253 e. The molecule has 6 nitrogen and oxygen atoms in total. The highest BCUT2D eigenvalue weighted by atomic mass is 35.5. The number of piperidine rings is 1. The predicted octanol–water partition coefficient (Wildman–Crippen LogP) is 1.92. The molecule has 3 heterocycles. The Kier molecular flexibility index (Phi) is 3.35. The lowest BCUT2D eigenvalue weighted by molar-refractivity contribution is -0.0605. The summed E-state index contributed by atoms with van der Waals surface area (Å²) < 4.78 is 7.75. The molecule has 2 aromatic rings. The number of rotatable bonds is 1. The van der Waals surface area contributed by atoms with Gasteiger partial charge in [0.05, 0.1) is 30.6 Å². The average molecular weight is 319 g/mol. The third-order valence-electron chi connectivity index (χ3n) is 4.29. The highest BCUT2D eigenvalue weighted by molar-refractivity contribution is 6.30. The number of amides is 1. The first kappa shape index (κ1) is 13.7. The summed E-state index contributed by atoms with van der Waals surface area (Å²) >= 11 is 5.98. The molecule has 2 aliphatic rings. The molecule has 4 rings (SSSR count). The fourth-order valence-corrected chi connectivity index (χ4v) is 3.36. The monoisotopic (exact) mass is 318 g/mol. The van der Waals surface area contributed by atoms with Crippen LogP contribution in [0.15, 0.2) is 30.5 Å². The van der Waals surface area contributed by atoms with E-state index in [0.717, 1.165) is 12.1 Å². The second-order valence-electron chi connectivity index (χ2n) is 5.64. The molecule has 0 bridgehead atoms. The van der Waals surface area contributed by atoms with Crippen LogP contribution in [0.5, 0.6) is 0 Å². The van der Waals surface area contributed by atoms with Crippen molar-refractivity contribution in [2.45, 2.75) is 25.2 Å². The zero-order valence-corrected chi connectivity index (χ0v) is 12.6. The first-order valence-electron chi connectivity index (χ1n) is 7.28. The van der Waals surface area contributed by atoms with Crippen molar-refractivity contribution >= 4 is 17.5 Å². The lowest BCUT2D eigenvalue weighted by Crippen LogP contribution is -2.49. The molecule has 0 spiro atoms. The van der Waals surface area contributed by atoms with Gasteiger partial charge in [-0.1, -0.05) is 22.9 Å². The normalized spacial score (nSPS) is 23.8. The molecule has 0 radical (unpaired) electrons. The Morgan fingerprint density at radius 3 is 3.18 bits per heavy atom. The van der Waals surface area contributed by atoms with E-state index in [4.69, 9.17) is 16.3 Å². The molecule has 1 saturated heterocycles. The molecule has 2 aliphatic heterocycles. The largest absolute Gasteiger partial charge is 0.370 e. The minimum absolute atomic E-state index is 0.00631. The molecule has 0 saturated carbocycles. The number of ether oxygens (including phenoxy) is 1. The number of carbonyl (C=O) groups is 1. The number of nitrogens with zero attached hydrogens (tertiary/aromatic N) is 4. The summed E-state index contributed by atoms with van der Waals surface area (Å²) in [4.78, 5) is 14.5. The Bertz CT molecular complexity index is 717. The van der Waals surface area contributed by atoms with E-state index in [9.17, 15) is 4.79 Å². The van der Waals surface area contributed by atoms with Crippen molar-refractivity contribution in [2.75, 3.05) is 13.1 Å². The van der Waals surface area contributed by atoms with Crippen LogP contribution in [-0.4, -0.2) is 45.0 Å². The van der Waals surface area contributed by atoms with Crippen molar-refractivity contribution in [3.05, 3.63) is 46.7 Å². The first-order chi connectivity index (χ1) is 10.7. The van der Waals surface area contributed by atoms with Crippen LogP contribution in [0.25, 0.3) is 0 Å². The van der Waals surface area contributed by atoms with Gasteiger partial charge in [0.1, 0.15) is 0 Å². The number of benzene rings is 1.